The Labute approximate surface area is 130 Å². The molecule has 1 aliphatic heterocycles. The lowest BCUT2D eigenvalue weighted by Gasteiger charge is -2.24. The first-order valence-corrected chi connectivity index (χ1v) is 6.98. The molecule has 1 heterocycles. The zero-order valence-corrected chi connectivity index (χ0v) is 13.6. The SMILES string of the molecule is COc1cc(C[C@@]2(C=O)COC(C)(C)O2)cc(OC)c1OC. The van der Waals surface area contributed by atoms with E-state index in [-0.39, 0.29) is 6.61 Å². The predicted octanol–water partition coefficient (Wildman–Crippen LogP) is 1.98. The number of carbonyl (C=O) groups is 1. The van der Waals surface area contributed by atoms with E-state index in [1.807, 2.05) is 0 Å². The van der Waals surface area contributed by atoms with Crippen LogP contribution in [0.15, 0.2) is 12.1 Å². The number of rotatable bonds is 6. The fourth-order valence-corrected chi connectivity index (χ4v) is 2.61. The number of ether oxygens (including phenoxy) is 5. The lowest BCUT2D eigenvalue weighted by Crippen LogP contribution is -2.38. The lowest BCUT2D eigenvalue weighted by atomic mass is 9.96. The summed E-state index contributed by atoms with van der Waals surface area (Å²) in [6, 6.07) is 3.61. The number of methoxy groups -OCH3 is 3. The Morgan fingerprint density at radius 2 is 1.73 bits per heavy atom. The summed E-state index contributed by atoms with van der Waals surface area (Å²) in [5.41, 5.74) is -0.170. The minimum Gasteiger partial charge on any atom is -0.493 e. The average Bonchev–Trinajstić information content (AvgIpc) is 2.81. The van der Waals surface area contributed by atoms with Crippen molar-refractivity contribution in [3.63, 3.8) is 0 Å². The third kappa shape index (κ3) is 3.18. The standard InChI is InChI=1S/C16H22O6/c1-15(2)21-10-16(9-17,22-15)8-11-6-12(18-3)14(20-5)13(7-11)19-4/h6-7,9H,8,10H2,1-5H3/t16-/m1/s1. The van der Waals surface area contributed by atoms with E-state index in [1.54, 1.807) is 47.3 Å². The van der Waals surface area contributed by atoms with Crippen LogP contribution in [0.5, 0.6) is 17.2 Å². The molecule has 1 fully saturated rings. The molecule has 0 spiro atoms. The molecule has 0 N–H and O–H groups in total. The quantitative estimate of drug-likeness (QED) is 0.749. The van der Waals surface area contributed by atoms with Crippen molar-refractivity contribution in [3.05, 3.63) is 17.7 Å². The van der Waals surface area contributed by atoms with E-state index in [2.05, 4.69) is 0 Å². The van der Waals surface area contributed by atoms with Crippen LogP contribution in [0, 0.1) is 0 Å². The van der Waals surface area contributed by atoms with Crippen LogP contribution in [0.4, 0.5) is 0 Å². The Bertz CT molecular complexity index is 529. The number of hydrogen-bond acceptors (Lipinski definition) is 6. The molecule has 6 nitrogen and oxygen atoms in total. The molecule has 6 heteroatoms. The predicted molar refractivity (Wildman–Crippen MR) is 79.7 cm³/mol. The molecule has 1 aromatic rings. The molecule has 1 atom stereocenters. The zero-order chi connectivity index (χ0) is 16.4. The van der Waals surface area contributed by atoms with Crippen molar-refractivity contribution in [1.82, 2.24) is 0 Å². The minimum atomic E-state index is -1.01. The van der Waals surface area contributed by atoms with E-state index in [1.165, 1.54) is 0 Å². The molecule has 0 aromatic heterocycles. The van der Waals surface area contributed by atoms with Gasteiger partial charge in [0.15, 0.2) is 29.2 Å². The van der Waals surface area contributed by atoms with E-state index >= 15 is 0 Å². The number of carbonyl (C=O) groups excluding carboxylic acids is 1. The Hall–Kier alpha value is -1.79. The summed E-state index contributed by atoms with van der Waals surface area (Å²) in [5, 5.41) is 0. The highest BCUT2D eigenvalue weighted by Gasteiger charge is 2.45. The zero-order valence-electron chi connectivity index (χ0n) is 13.6. The molecule has 2 rings (SSSR count). The summed E-state index contributed by atoms with van der Waals surface area (Å²) in [4.78, 5) is 11.6. The smallest absolute Gasteiger partial charge is 0.203 e. The van der Waals surface area contributed by atoms with Crippen LogP contribution in [-0.4, -0.2) is 45.6 Å². The van der Waals surface area contributed by atoms with Gasteiger partial charge in [-0.1, -0.05) is 0 Å². The van der Waals surface area contributed by atoms with Crippen molar-refractivity contribution >= 4 is 6.29 Å². The van der Waals surface area contributed by atoms with Gasteiger partial charge in [0.2, 0.25) is 5.75 Å². The van der Waals surface area contributed by atoms with Gasteiger partial charge in [-0.2, -0.15) is 0 Å². The highest BCUT2D eigenvalue weighted by Crippen LogP contribution is 2.40. The van der Waals surface area contributed by atoms with Crippen LogP contribution in [0.25, 0.3) is 0 Å². The van der Waals surface area contributed by atoms with Gasteiger partial charge in [0.25, 0.3) is 0 Å². The Kier molecular flexibility index (Phi) is 4.63. The fraction of sp³-hybridized carbons (Fsp3) is 0.562. The second-order valence-corrected chi connectivity index (χ2v) is 5.68. The van der Waals surface area contributed by atoms with Crippen molar-refractivity contribution in [2.24, 2.45) is 0 Å². The molecule has 0 bridgehead atoms. The molecular formula is C16H22O6. The maximum Gasteiger partial charge on any atom is 0.203 e. The highest BCUT2D eigenvalue weighted by atomic mass is 16.8. The first kappa shape index (κ1) is 16.6. The van der Waals surface area contributed by atoms with Crippen molar-refractivity contribution in [2.45, 2.75) is 31.7 Å². The van der Waals surface area contributed by atoms with Crippen LogP contribution in [0.1, 0.15) is 19.4 Å². The van der Waals surface area contributed by atoms with E-state index in [0.717, 1.165) is 11.8 Å². The molecule has 1 saturated heterocycles. The number of aldehydes is 1. The largest absolute Gasteiger partial charge is 0.493 e. The van der Waals surface area contributed by atoms with Gasteiger partial charge in [0.05, 0.1) is 27.9 Å². The van der Waals surface area contributed by atoms with Crippen molar-refractivity contribution in [2.75, 3.05) is 27.9 Å². The van der Waals surface area contributed by atoms with E-state index in [9.17, 15) is 4.79 Å². The van der Waals surface area contributed by atoms with E-state index in [0.29, 0.717) is 23.7 Å². The molecule has 0 amide bonds. The third-order valence-corrected chi connectivity index (χ3v) is 3.56. The minimum absolute atomic E-state index is 0.208. The monoisotopic (exact) mass is 310 g/mol. The molecule has 1 aliphatic rings. The van der Waals surface area contributed by atoms with Gasteiger partial charge >= 0.3 is 0 Å². The summed E-state index contributed by atoms with van der Waals surface area (Å²) in [5.74, 6) is 0.812. The maximum atomic E-state index is 11.6. The first-order valence-electron chi connectivity index (χ1n) is 6.98. The van der Waals surface area contributed by atoms with E-state index < -0.39 is 11.4 Å². The summed E-state index contributed by atoms with van der Waals surface area (Å²) >= 11 is 0. The van der Waals surface area contributed by atoms with Gasteiger partial charge in [-0.15, -0.1) is 0 Å². The Morgan fingerprint density at radius 3 is 2.09 bits per heavy atom. The van der Waals surface area contributed by atoms with Crippen LogP contribution in [0.2, 0.25) is 0 Å². The van der Waals surface area contributed by atoms with Crippen molar-refractivity contribution in [3.8, 4) is 17.2 Å². The molecule has 0 aliphatic carbocycles. The number of benzene rings is 1. The van der Waals surface area contributed by atoms with Gasteiger partial charge in [0, 0.05) is 6.42 Å². The van der Waals surface area contributed by atoms with Crippen LogP contribution >= 0.6 is 0 Å². The van der Waals surface area contributed by atoms with Crippen molar-refractivity contribution in [1.29, 1.82) is 0 Å². The number of hydrogen-bond donors (Lipinski definition) is 0. The van der Waals surface area contributed by atoms with Gasteiger partial charge in [-0.05, 0) is 31.5 Å². The second kappa shape index (κ2) is 6.14. The van der Waals surface area contributed by atoms with Crippen LogP contribution in [0.3, 0.4) is 0 Å². The first-order chi connectivity index (χ1) is 10.4. The van der Waals surface area contributed by atoms with Gasteiger partial charge in [0.1, 0.15) is 0 Å². The fourth-order valence-electron chi connectivity index (χ4n) is 2.61. The molecule has 0 radical (unpaired) electrons. The maximum absolute atomic E-state index is 11.6. The Morgan fingerprint density at radius 1 is 1.14 bits per heavy atom. The summed E-state index contributed by atoms with van der Waals surface area (Å²) < 4.78 is 27.3. The molecule has 1 aromatic carbocycles. The molecule has 0 unspecified atom stereocenters. The van der Waals surface area contributed by atoms with Gasteiger partial charge in [-0.25, -0.2) is 0 Å². The molecule has 0 saturated carbocycles. The third-order valence-electron chi connectivity index (χ3n) is 3.56. The lowest BCUT2D eigenvalue weighted by molar-refractivity contribution is -0.164. The van der Waals surface area contributed by atoms with Crippen molar-refractivity contribution < 1.29 is 28.5 Å². The second-order valence-electron chi connectivity index (χ2n) is 5.68. The summed E-state index contributed by atoms with van der Waals surface area (Å²) in [6.07, 6.45) is 1.15. The Balaban J connectivity index is 2.35. The highest BCUT2D eigenvalue weighted by molar-refractivity contribution is 5.65. The van der Waals surface area contributed by atoms with Crippen LogP contribution < -0.4 is 14.2 Å². The van der Waals surface area contributed by atoms with Gasteiger partial charge < -0.3 is 28.5 Å². The summed E-state index contributed by atoms with van der Waals surface area (Å²) in [6.45, 7) is 3.78. The average molecular weight is 310 g/mol. The molecule has 122 valence electrons. The topological polar surface area (TPSA) is 63.2 Å². The summed E-state index contributed by atoms with van der Waals surface area (Å²) in [7, 11) is 4.65. The normalized spacial score (nSPS) is 23.1. The molecular weight excluding hydrogens is 288 g/mol. The van der Waals surface area contributed by atoms with Gasteiger partial charge in [-0.3, -0.25) is 0 Å². The van der Waals surface area contributed by atoms with Crippen LogP contribution in [-0.2, 0) is 20.7 Å². The van der Waals surface area contributed by atoms with E-state index in [4.69, 9.17) is 23.7 Å². The molecule has 22 heavy (non-hydrogen) atoms.